The fourth-order valence-corrected chi connectivity index (χ4v) is 2.74. The molecule has 2 N–H and O–H groups in total. The molecule has 0 bridgehead atoms. The van der Waals surface area contributed by atoms with Crippen LogP contribution >= 0.6 is 11.3 Å². The third-order valence-electron chi connectivity index (χ3n) is 3.31. The highest BCUT2D eigenvalue weighted by Crippen LogP contribution is 2.27. The minimum atomic E-state index is 0.130. The van der Waals surface area contributed by atoms with Crippen LogP contribution in [0.5, 0.6) is 11.5 Å². The molecular weight excluding hydrogens is 284 g/mol. The standard InChI is InChI=1S/C16H22N2O2S/c1-4-13(17)7-12-8-14(19-3)5-6-16(12)20-10-15-9-18-11(2)21-15/h5-6,8-9,13H,4,7,10,17H2,1-3H3. The van der Waals surface area contributed by atoms with Crippen LogP contribution in [0.1, 0.15) is 28.8 Å². The first kappa shape index (κ1) is 15.8. The molecule has 0 aliphatic rings. The van der Waals surface area contributed by atoms with Crippen LogP contribution in [-0.4, -0.2) is 18.1 Å². The highest BCUT2D eigenvalue weighted by atomic mass is 32.1. The normalized spacial score (nSPS) is 12.2. The Bertz CT molecular complexity index is 583. The van der Waals surface area contributed by atoms with E-state index in [9.17, 15) is 0 Å². The van der Waals surface area contributed by atoms with Crippen LogP contribution in [0.2, 0.25) is 0 Å². The SMILES string of the molecule is CCC(N)Cc1cc(OC)ccc1OCc1cnc(C)s1. The van der Waals surface area contributed by atoms with E-state index in [4.69, 9.17) is 15.2 Å². The van der Waals surface area contributed by atoms with E-state index < -0.39 is 0 Å². The molecule has 0 aliphatic heterocycles. The van der Waals surface area contributed by atoms with Crippen molar-refractivity contribution in [2.24, 2.45) is 5.73 Å². The second kappa shape index (κ2) is 7.43. The zero-order valence-corrected chi connectivity index (χ0v) is 13.6. The van der Waals surface area contributed by atoms with E-state index in [0.717, 1.165) is 39.8 Å². The highest BCUT2D eigenvalue weighted by Gasteiger charge is 2.10. The number of hydrogen-bond acceptors (Lipinski definition) is 5. The molecular formula is C16H22N2O2S. The lowest BCUT2D eigenvalue weighted by atomic mass is 10.0. The van der Waals surface area contributed by atoms with Gasteiger partial charge in [-0.05, 0) is 43.5 Å². The summed E-state index contributed by atoms with van der Waals surface area (Å²) in [4.78, 5) is 5.36. The minimum Gasteiger partial charge on any atom is -0.497 e. The van der Waals surface area contributed by atoms with Gasteiger partial charge in [-0.3, -0.25) is 0 Å². The molecule has 21 heavy (non-hydrogen) atoms. The van der Waals surface area contributed by atoms with Crippen LogP contribution < -0.4 is 15.2 Å². The Morgan fingerprint density at radius 2 is 2.19 bits per heavy atom. The Hall–Kier alpha value is -1.59. The fourth-order valence-electron chi connectivity index (χ4n) is 2.03. The summed E-state index contributed by atoms with van der Waals surface area (Å²) < 4.78 is 11.2. The number of hydrogen-bond donors (Lipinski definition) is 1. The molecule has 114 valence electrons. The quantitative estimate of drug-likeness (QED) is 0.852. The van der Waals surface area contributed by atoms with Crippen molar-refractivity contribution >= 4 is 11.3 Å². The molecule has 2 rings (SSSR count). The number of aromatic nitrogens is 1. The van der Waals surface area contributed by atoms with Gasteiger partial charge in [0.15, 0.2) is 0 Å². The molecule has 0 spiro atoms. The Balaban J connectivity index is 2.12. The van der Waals surface area contributed by atoms with Crippen LogP contribution in [0.4, 0.5) is 0 Å². The van der Waals surface area contributed by atoms with E-state index in [-0.39, 0.29) is 6.04 Å². The van der Waals surface area contributed by atoms with Crippen molar-refractivity contribution in [1.29, 1.82) is 0 Å². The topological polar surface area (TPSA) is 57.4 Å². The number of nitrogens with two attached hydrogens (primary N) is 1. The van der Waals surface area contributed by atoms with Crippen LogP contribution in [0.3, 0.4) is 0 Å². The number of nitrogens with zero attached hydrogens (tertiary/aromatic N) is 1. The molecule has 0 fully saturated rings. The maximum absolute atomic E-state index is 6.07. The summed E-state index contributed by atoms with van der Waals surface area (Å²) >= 11 is 1.65. The first-order chi connectivity index (χ1) is 10.1. The van der Waals surface area contributed by atoms with Gasteiger partial charge in [0.1, 0.15) is 18.1 Å². The van der Waals surface area contributed by atoms with Crippen molar-refractivity contribution in [2.45, 2.75) is 39.3 Å². The van der Waals surface area contributed by atoms with Crippen LogP contribution in [0.15, 0.2) is 24.4 Å². The Morgan fingerprint density at radius 3 is 2.81 bits per heavy atom. The molecule has 4 nitrogen and oxygen atoms in total. The van der Waals surface area contributed by atoms with Gasteiger partial charge in [0, 0.05) is 12.2 Å². The molecule has 1 heterocycles. The van der Waals surface area contributed by atoms with Crippen LogP contribution in [0, 0.1) is 6.92 Å². The predicted molar refractivity (Wildman–Crippen MR) is 86.1 cm³/mol. The molecule has 0 saturated heterocycles. The summed E-state index contributed by atoms with van der Waals surface area (Å²) in [5.74, 6) is 1.69. The van der Waals surface area contributed by atoms with E-state index >= 15 is 0 Å². The molecule has 0 amide bonds. The van der Waals surface area contributed by atoms with Gasteiger partial charge in [-0.15, -0.1) is 11.3 Å². The lowest BCUT2D eigenvalue weighted by molar-refractivity contribution is 0.304. The second-order valence-electron chi connectivity index (χ2n) is 4.98. The Kier molecular flexibility index (Phi) is 5.59. The van der Waals surface area contributed by atoms with E-state index in [1.54, 1.807) is 18.4 Å². The van der Waals surface area contributed by atoms with Gasteiger partial charge in [0.05, 0.1) is 17.0 Å². The third-order valence-corrected chi connectivity index (χ3v) is 4.20. The van der Waals surface area contributed by atoms with Gasteiger partial charge in [0.25, 0.3) is 0 Å². The van der Waals surface area contributed by atoms with E-state index in [1.807, 2.05) is 31.3 Å². The molecule has 0 radical (unpaired) electrons. The monoisotopic (exact) mass is 306 g/mol. The summed E-state index contributed by atoms with van der Waals surface area (Å²) in [6.45, 7) is 4.62. The number of aryl methyl sites for hydroxylation is 1. The first-order valence-corrected chi connectivity index (χ1v) is 7.90. The summed E-state index contributed by atoms with van der Waals surface area (Å²) in [5.41, 5.74) is 7.16. The maximum Gasteiger partial charge on any atom is 0.124 e. The zero-order chi connectivity index (χ0) is 15.2. The average Bonchev–Trinajstić information content (AvgIpc) is 2.91. The van der Waals surface area contributed by atoms with Gasteiger partial charge < -0.3 is 15.2 Å². The van der Waals surface area contributed by atoms with E-state index in [1.165, 1.54) is 0 Å². The van der Waals surface area contributed by atoms with E-state index in [2.05, 4.69) is 11.9 Å². The number of thiazole rings is 1. The first-order valence-electron chi connectivity index (χ1n) is 7.09. The van der Waals surface area contributed by atoms with Crippen molar-refractivity contribution in [3.63, 3.8) is 0 Å². The second-order valence-corrected chi connectivity index (χ2v) is 6.30. The van der Waals surface area contributed by atoms with Gasteiger partial charge in [0.2, 0.25) is 0 Å². The fraction of sp³-hybridized carbons (Fsp3) is 0.438. The molecule has 0 aliphatic carbocycles. The maximum atomic E-state index is 6.07. The molecule has 0 saturated carbocycles. The molecule has 1 unspecified atom stereocenters. The summed E-state index contributed by atoms with van der Waals surface area (Å²) in [6.07, 6.45) is 3.58. The molecule has 2 aromatic rings. The highest BCUT2D eigenvalue weighted by molar-refractivity contribution is 7.11. The van der Waals surface area contributed by atoms with Crippen molar-refractivity contribution in [3.8, 4) is 11.5 Å². The Morgan fingerprint density at radius 1 is 1.38 bits per heavy atom. The molecule has 1 aromatic carbocycles. The predicted octanol–water partition coefficient (Wildman–Crippen LogP) is 3.32. The van der Waals surface area contributed by atoms with E-state index in [0.29, 0.717) is 6.61 Å². The largest absolute Gasteiger partial charge is 0.497 e. The summed E-state index contributed by atoms with van der Waals surface area (Å²) in [6, 6.07) is 5.99. The summed E-state index contributed by atoms with van der Waals surface area (Å²) in [7, 11) is 1.67. The molecule has 1 atom stereocenters. The number of ether oxygens (including phenoxy) is 2. The zero-order valence-electron chi connectivity index (χ0n) is 12.8. The number of methoxy groups -OCH3 is 1. The van der Waals surface area contributed by atoms with Gasteiger partial charge in [-0.2, -0.15) is 0 Å². The van der Waals surface area contributed by atoms with Crippen LogP contribution in [-0.2, 0) is 13.0 Å². The van der Waals surface area contributed by atoms with Crippen molar-refractivity contribution in [1.82, 2.24) is 4.98 Å². The van der Waals surface area contributed by atoms with Crippen molar-refractivity contribution < 1.29 is 9.47 Å². The van der Waals surface area contributed by atoms with Crippen molar-refractivity contribution in [2.75, 3.05) is 7.11 Å². The van der Waals surface area contributed by atoms with Gasteiger partial charge in [-0.25, -0.2) is 4.98 Å². The van der Waals surface area contributed by atoms with Gasteiger partial charge in [-0.1, -0.05) is 6.92 Å². The number of rotatable bonds is 7. The smallest absolute Gasteiger partial charge is 0.124 e. The average molecular weight is 306 g/mol. The molecule has 5 heteroatoms. The number of benzene rings is 1. The lowest BCUT2D eigenvalue weighted by Crippen LogP contribution is -2.21. The van der Waals surface area contributed by atoms with Crippen LogP contribution in [0.25, 0.3) is 0 Å². The summed E-state index contributed by atoms with van der Waals surface area (Å²) in [5, 5.41) is 1.05. The van der Waals surface area contributed by atoms with Gasteiger partial charge >= 0.3 is 0 Å². The molecule has 1 aromatic heterocycles. The lowest BCUT2D eigenvalue weighted by Gasteiger charge is -2.15. The van der Waals surface area contributed by atoms with Crippen molar-refractivity contribution in [3.05, 3.63) is 39.8 Å². The third kappa shape index (κ3) is 4.44. The Labute approximate surface area is 129 Å². The minimum absolute atomic E-state index is 0.130.